The number of carbonyl (C=O) groups is 1. The predicted molar refractivity (Wildman–Crippen MR) is 249 cm³/mol. The van der Waals surface area contributed by atoms with E-state index in [0.717, 1.165) is 51.4 Å². The third kappa shape index (κ3) is 43.3. The second-order valence-corrected chi connectivity index (χ2v) is 20.0. The second-order valence-electron chi connectivity index (χ2n) is 18.5. The lowest BCUT2D eigenvalue weighted by Crippen LogP contribution is -2.46. The zero-order valence-electron chi connectivity index (χ0n) is 39.3. The molecule has 0 fully saturated rings. The molecule has 0 bridgehead atoms. The molecule has 0 saturated heterocycles. The van der Waals surface area contributed by atoms with Crippen molar-refractivity contribution in [3.63, 3.8) is 0 Å². The van der Waals surface area contributed by atoms with Crippen molar-refractivity contribution < 1.29 is 32.9 Å². The van der Waals surface area contributed by atoms with Crippen LogP contribution in [-0.2, 0) is 18.4 Å². The Morgan fingerprint density at radius 2 is 0.931 bits per heavy atom. The van der Waals surface area contributed by atoms with E-state index in [4.69, 9.17) is 9.05 Å². The number of hydrogen-bond donors (Lipinski definition) is 3. The second kappa shape index (κ2) is 41.6. The van der Waals surface area contributed by atoms with Crippen molar-refractivity contribution in [3.8, 4) is 0 Å². The van der Waals surface area contributed by atoms with Gasteiger partial charge in [0.05, 0.1) is 39.9 Å². The zero-order chi connectivity index (χ0) is 42.8. The first kappa shape index (κ1) is 57.2. The smallest absolute Gasteiger partial charge is 0.391 e. The van der Waals surface area contributed by atoms with Gasteiger partial charge in [-0.25, -0.2) is 4.57 Å². The van der Waals surface area contributed by atoms with Crippen molar-refractivity contribution in [1.82, 2.24) is 5.32 Å². The van der Waals surface area contributed by atoms with Gasteiger partial charge in [0.1, 0.15) is 13.2 Å². The Morgan fingerprint density at radius 1 is 0.569 bits per heavy atom. The fraction of sp³-hybridized carbons (Fsp3) is 0.939. The summed E-state index contributed by atoms with van der Waals surface area (Å²) in [4.78, 5) is 23.2. The van der Waals surface area contributed by atoms with Gasteiger partial charge in [-0.3, -0.25) is 13.8 Å². The molecule has 346 valence electrons. The van der Waals surface area contributed by atoms with Crippen molar-refractivity contribution in [1.29, 1.82) is 0 Å². The first-order valence-corrected chi connectivity index (χ1v) is 26.5. The van der Waals surface area contributed by atoms with Gasteiger partial charge in [-0.05, 0) is 38.5 Å². The third-order valence-electron chi connectivity index (χ3n) is 11.5. The van der Waals surface area contributed by atoms with Crippen LogP contribution in [0.15, 0.2) is 12.2 Å². The maximum atomic E-state index is 12.9. The zero-order valence-corrected chi connectivity index (χ0v) is 40.2. The number of unbranched alkanes of at least 4 members (excludes halogenated alkanes) is 31. The number of nitrogens with one attached hydrogen (secondary N) is 1. The molecule has 0 spiro atoms. The molecule has 0 saturated carbocycles. The monoisotopic (exact) mass is 844 g/mol. The van der Waals surface area contributed by atoms with E-state index < -0.39 is 20.0 Å². The number of phosphoric acid groups is 1. The number of nitrogens with zero attached hydrogens (tertiary/aromatic N) is 1. The number of aliphatic hydroxyl groups is 1. The van der Waals surface area contributed by atoms with Crippen LogP contribution in [0, 0.1) is 0 Å². The van der Waals surface area contributed by atoms with Gasteiger partial charge >= 0.3 is 7.82 Å². The molecule has 0 rings (SSSR count). The summed E-state index contributed by atoms with van der Waals surface area (Å²) in [5, 5.41) is 14.0. The van der Waals surface area contributed by atoms with E-state index in [2.05, 4.69) is 31.3 Å². The van der Waals surface area contributed by atoms with Crippen LogP contribution in [0.4, 0.5) is 0 Å². The highest BCUT2D eigenvalue weighted by Crippen LogP contribution is 2.43. The minimum absolute atomic E-state index is 0.0740. The van der Waals surface area contributed by atoms with Crippen LogP contribution in [0.1, 0.15) is 245 Å². The topological polar surface area (TPSA) is 105 Å². The van der Waals surface area contributed by atoms with Gasteiger partial charge in [0.25, 0.3) is 0 Å². The number of quaternary nitrogens is 1. The highest BCUT2D eigenvalue weighted by Gasteiger charge is 2.28. The summed E-state index contributed by atoms with van der Waals surface area (Å²) in [5.41, 5.74) is 0. The van der Waals surface area contributed by atoms with Crippen molar-refractivity contribution in [2.75, 3.05) is 40.9 Å². The number of allylic oxidation sites excluding steroid dienone is 2. The highest BCUT2D eigenvalue weighted by atomic mass is 31.2. The van der Waals surface area contributed by atoms with Crippen LogP contribution in [0.3, 0.4) is 0 Å². The molecule has 3 unspecified atom stereocenters. The van der Waals surface area contributed by atoms with Crippen LogP contribution < -0.4 is 5.32 Å². The number of hydrogen-bond acceptors (Lipinski definition) is 5. The van der Waals surface area contributed by atoms with Crippen molar-refractivity contribution in [3.05, 3.63) is 12.2 Å². The van der Waals surface area contributed by atoms with Crippen molar-refractivity contribution in [2.45, 2.75) is 257 Å². The molecule has 0 heterocycles. The van der Waals surface area contributed by atoms with Gasteiger partial charge in [0, 0.05) is 6.42 Å². The van der Waals surface area contributed by atoms with Crippen LogP contribution in [0.2, 0.25) is 0 Å². The third-order valence-corrected chi connectivity index (χ3v) is 12.5. The molecule has 9 heteroatoms. The number of carbonyl (C=O) groups excluding carboxylic acids is 1. The number of aliphatic hydroxyl groups excluding tert-OH is 1. The molecule has 0 aliphatic carbocycles. The van der Waals surface area contributed by atoms with Crippen LogP contribution in [0.5, 0.6) is 0 Å². The van der Waals surface area contributed by atoms with E-state index in [1.54, 1.807) is 0 Å². The number of phosphoric ester groups is 1. The van der Waals surface area contributed by atoms with Crippen LogP contribution in [0.25, 0.3) is 0 Å². The Labute approximate surface area is 361 Å². The Bertz CT molecular complexity index is 958. The lowest BCUT2D eigenvalue weighted by Gasteiger charge is -2.26. The molecule has 0 aromatic rings. The Morgan fingerprint density at radius 3 is 1.33 bits per heavy atom. The minimum Gasteiger partial charge on any atom is -0.391 e. The summed E-state index contributed by atoms with van der Waals surface area (Å²) < 4.78 is 23.7. The lowest BCUT2D eigenvalue weighted by atomic mass is 10.0. The molecule has 1 amide bonds. The van der Waals surface area contributed by atoms with E-state index in [9.17, 15) is 19.4 Å². The number of amides is 1. The SMILES string of the molecule is CCCCCCCC/C=C\CCCCCC(=O)NC(COP(=O)(O)OCC[N+](C)(C)C)C(O)CCCCCCCCCCCCCCCCCCCCCCCCC. The normalized spacial score (nSPS) is 14.3. The molecule has 0 aromatic heterocycles. The van der Waals surface area contributed by atoms with Gasteiger partial charge in [0.2, 0.25) is 5.91 Å². The summed E-state index contributed by atoms with van der Waals surface area (Å²) >= 11 is 0. The molecule has 0 radical (unpaired) electrons. The molecule has 3 atom stereocenters. The first-order valence-electron chi connectivity index (χ1n) is 25.1. The van der Waals surface area contributed by atoms with E-state index >= 15 is 0 Å². The van der Waals surface area contributed by atoms with E-state index in [1.807, 2.05) is 21.1 Å². The van der Waals surface area contributed by atoms with Gasteiger partial charge in [-0.2, -0.15) is 0 Å². The molecule has 0 aliphatic heterocycles. The Balaban J connectivity index is 4.21. The van der Waals surface area contributed by atoms with Gasteiger partial charge in [-0.15, -0.1) is 0 Å². The Kier molecular flexibility index (Phi) is 41.0. The van der Waals surface area contributed by atoms with Gasteiger partial charge in [0.15, 0.2) is 0 Å². The average Bonchev–Trinajstić information content (AvgIpc) is 3.17. The molecule has 8 nitrogen and oxygen atoms in total. The summed E-state index contributed by atoms with van der Waals surface area (Å²) in [6, 6.07) is -0.764. The number of likely N-dealkylation sites (N-methyl/N-ethyl adjacent to an activating group) is 1. The molecule has 0 aliphatic rings. The predicted octanol–water partition coefficient (Wildman–Crippen LogP) is 14.3. The van der Waals surface area contributed by atoms with Crippen molar-refractivity contribution >= 4 is 13.7 Å². The summed E-state index contributed by atoms with van der Waals surface area (Å²) in [6.45, 7) is 4.89. The maximum absolute atomic E-state index is 12.9. The van der Waals surface area contributed by atoms with Gasteiger partial charge in [-0.1, -0.05) is 212 Å². The van der Waals surface area contributed by atoms with Crippen LogP contribution >= 0.6 is 7.82 Å². The largest absolute Gasteiger partial charge is 0.472 e. The van der Waals surface area contributed by atoms with E-state index in [1.165, 1.54) is 167 Å². The first-order chi connectivity index (χ1) is 28.0. The molecule has 58 heavy (non-hydrogen) atoms. The Hall–Kier alpha value is -0.760. The van der Waals surface area contributed by atoms with E-state index in [-0.39, 0.29) is 19.1 Å². The van der Waals surface area contributed by atoms with Crippen LogP contribution in [-0.4, -0.2) is 73.4 Å². The summed E-state index contributed by atoms with van der Waals surface area (Å²) in [5.74, 6) is -0.158. The quantitative estimate of drug-likeness (QED) is 0.0244. The molecule has 0 aromatic carbocycles. The fourth-order valence-electron chi connectivity index (χ4n) is 7.51. The molecular weight excluding hydrogens is 744 g/mol. The lowest BCUT2D eigenvalue weighted by molar-refractivity contribution is -0.870. The standard InChI is InChI=1S/C49H99N2O6P/c1-6-8-10-12-14-16-18-20-21-22-23-24-25-26-27-28-29-31-32-34-36-38-40-42-48(52)47(46-57-58(54,55)56-45-44-51(3,4)5)50-49(53)43-41-39-37-35-33-30-19-17-15-13-11-9-7-2/h30,33,47-48,52H,6-29,31-32,34-46H2,1-5H3,(H-,50,53,54,55)/p+1/b33-30-. The summed E-state index contributed by atoms with van der Waals surface area (Å²) in [7, 11) is 1.62. The van der Waals surface area contributed by atoms with Crippen molar-refractivity contribution in [2.24, 2.45) is 0 Å². The van der Waals surface area contributed by atoms with Gasteiger partial charge < -0.3 is 19.8 Å². The minimum atomic E-state index is -4.32. The number of rotatable bonds is 46. The summed E-state index contributed by atoms with van der Waals surface area (Å²) in [6.07, 6.45) is 48.2. The molecular formula is C49H100N2O6P+. The molecule has 3 N–H and O–H groups in total. The highest BCUT2D eigenvalue weighted by molar-refractivity contribution is 7.47. The maximum Gasteiger partial charge on any atom is 0.472 e. The average molecular weight is 844 g/mol. The van der Waals surface area contributed by atoms with E-state index in [0.29, 0.717) is 23.9 Å². The fourth-order valence-corrected chi connectivity index (χ4v) is 8.25.